The first-order valence-electron chi connectivity index (χ1n) is 7.35. The van der Waals surface area contributed by atoms with E-state index >= 15 is 0 Å². The molecule has 1 unspecified atom stereocenters. The molecule has 1 aromatic heterocycles. The van der Waals surface area contributed by atoms with Crippen LogP contribution in [0.1, 0.15) is 31.7 Å². The van der Waals surface area contributed by atoms with Crippen molar-refractivity contribution < 1.29 is 5.11 Å². The molecule has 2 heterocycles. The standard InChI is InChI=1S/C15H25N3O/c1-2-7-16-11-14-4-3-8-17-15(14)18-9-5-13(12-18)6-10-19/h3-4,8,13,16,19H,2,5-7,9-12H2,1H3. The van der Waals surface area contributed by atoms with Crippen LogP contribution in [0, 0.1) is 5.92 Å². The second kappa shape index (κ2) is 7.46. The summed E-state index contributed by atoms with van der Waals surface area (Å²) in [5.74, 6) is 1.73. The average Bonchev–Trinajstić information content (AvgIpc) is 2.89. The minimum absolute atomic E-state index is 0.297. The Bertz CT molecular complexity index is 383. The third-order valence-corrected chi connectivity index (χ3v) is 3.73. The minimum Gasteiger partial charge on any atom is -0.396 e. The van der Waals surface area contributed by atoms with Gasteiger partial charge in [-0.05, 0) is 37.8 Å². The lowest BCUT2D eigenvalue weighted by Gasteiger charge is -2.21. The van der Waals surface area contributed by atoms with Gasteiger partial charge in [0.15, 0.2) is 0 Å². The van der Waals surface area contributed by atoms with Crippen LogP contribution in [0.15, 0.2) is 18.3 Å². The number of nitrogens with one attached hydrogen (secondary N) is 1. The Kier molecular flexibility index (Phi) is 5.61. The summed E-state index contributed by atoms with van der Waals surface area (Å²) in [6, 6.07) is 4.16. The van der Waals surface area contributed by atoms with E-state index in [0.717, 1.165) is 44.8 Å². The van der Waals surface area contributed by atoms with Crippen molar-refractivity contribution in [3.05, 3.63) is 23.9 Å². The minimum atomic E-state index is 0.297. The average molecular weight is 263 g/mol. The van der Waals surface area contributed by atoms with Gasteiger partial charge in [-0.1, -0.05) is 13.0 Å². The van der Waals surface area contributed by atoms with E-state index in [4.69, 9.17) is 5.11 Å². The summed E-state index contributed by atoms with van der Waals surface area (Å²) in [6.45, 7) is 6.49. The fourth-order valence-electron chi connectivity index (χ4n) is 2.70. The van der Waals surface area contributed by atoms with E-state index < -0.39 is 0 Å². The zero-order valence-electron chi connectivity index (χ0n) is 11.8. The van der Waals surface area contributed by atoms with Gasteiger partial charge in [0.1, 0.15) is 5.82 Å². The Labute approximate surface area is 115 Å². The fourth-order valence-corrected chi connectivity index (χ4v) is 2.70. The number of aliphatic hydroxyl groups is 1. The molecule has 1 aliphatic rings. The van der Waals surface area contributed by atoms with Gasteiger partial charge < -0.3 is 15.3 Å². The van der Waals surface area contributed by atoms with E-state index in [1.807, 2.05) is 12.3 Å². The van der Waals surface area contributed by atoms with Crippen LogP contribution in [0.5, 0.6) is 0 Å². The molecule has 106 valence electrons. The van der Waals surface area contributed by atoms with E-state index in [2.05, 4.69) is 28.2 Å². The predicted octanol–water partition coefficient (Wildman–Crippen LogP) is 1.79. The molecule has 0 aliphatic carbocycles. The Morgan fingerprint density at radius 3 is 3.21 bits per heavy atom. The van der Waals surface area contributed by atoms with Gasteiger partial charge in [-0.2, -0.15) is 0 Å². The first kappa shape index (κ1) is 14.3. The normalized spacial score (nSPS) is 19.1. The third kappa shape index (κ3) is 3.91. The first-order chi connectivity index (χ1) is 9.35. The molecule has 4 heteroatoms. The van der Waals surface area contributed by atoms with Crippen molar-refractivity contribution in [3.8, 4) is 0 Å². The molecule has 2 N–H and O–H groups in total. The molecule has 0 spiro atoms. The van der Waals surface area contributed by atoms with Crippen molar-refractivity contribution in [3.63, 3.8) is 0 Å². The van der Waals surface area contributed by atoms with Crippen molar-refractivity contribution in [1.29, 1.82) is 0 Å². The van der Waals surface area contributed by atoms with Gasteiger partial charge in [0.25, 0.3) is 0 Å². The summed E-state index contributed by atoms with van der Waals surface area (Å²) in [4.78, 5) is 6.92. The van der Waals surface area contributed by atoms with Crippen LogP contribution in [0.3, 0.4) is 0 Å². The van der Waals surface area contributed by atoms with Gasteiger partial charge in [0, 0.05) is 38.0 Å². The topological polar surface area (TPSA) is 48.4 Å². The number of hydrogen-bond donors (Lipinski definition) is 2. The van der Waals surface area contributed by atoms with Crippen LogP contribution in [0.25, 0.3) is 0 Å². The van der Waals surface area contributed by atoms with Gasteiger partial charge in [0.2, 0.25) is 0 Å². The zero-order chi connectivity index (χ0) is 13.5. The Balaban J connectivity index is 1.99. The monoisotopic (exact) mass is 263 g/mol. The van der Waals surface area contributed by atoms with E-state index in [-0.39, 0.29) is 0 Å². The molecule has 0 amide bonds. The highest BCUT2D eigenvalue weighted by molar-refractivity contribution is 5.47. The second-order valence-electron chi connectivity index (χ2n) is 5.28. The summed E-state index contributed by atoms with van der Waals surface area (Å²) in [5, 5.41) is 12.5. The lowest BCUT2D eigenvalue weighted by Crippen LogP contribution is -2.24. The summed E-state index contributed by atoms with van der Waals surface area (Å²) in [5.41, 5.74) is 1.28. The number of rotatable bonds is 7. The molecule has 1 atom stereocenters. The summed E-state index contributed by atoms with van der Waals surface area (Å²) >= 11 is 0. The smallest absolute Gasteiger partial charge is 0.133 e. The molecule has 19 heavy (non-hydrogen) atoms. The fraction of sp³-hybridized carbons (Fsp3) is 0.667. The zero-order valence-corrected chi connectivity index (χ0v) is 11.8. The maximum absolute atomic E-state index is 9.04. The van der Waals surface area contributed by atoms with Gasteiger partial charge >= 0.3 is 0 Å². The molecule has 2 rings (SSSR count). The van der Waals surface area contributed by atoms with Crippen LogP contribution in [-0.4, -0.2) is 36.3 Å². The molecule has 0 aromatic carbocycles. The van der Waals surface area contributed by atoms with Gasteiger partial charge in [-0.15, -0.1) is 0 Å². The number of aliphatic hydroxyl groups excluding tert-OH is 1. The second-order valence-corrected chi connectivity index (χ2v) is 5.28. The molecule has 1 aromatic rings. The van der Waals surface area contributed by atoms with Crippen LogP contribution < -0.4 is 10.2 Å². The van der Waals surface area contributed by atoms with Crippen molar-refractivity contribution >= 4 is 5.82 Å². The largest absolute Gasteiger partial charge is 0.396 e. The number of aromatic nitrogens is 1. The summed E-state index contributed by atoms with van der Waals surface area (Å²) in [6.07, 6.45) is 5.10. The van der Waals surface area contributed by atoms with Crippen LogP contribution in [0.4, 0.5) is 5.82 Å². The maximum atomic E-state index is 9.04. The molecular formula is C15H25N3O. The molecule has 4 nitrogen and oxygen atoms in total. The highest BCUT2D eigenvalue weighted by Gasteiger charge is 2.24. The van der Waals surface area contributed by atoms with E-state index in [1.165, 1.54) is 12.0 Å². The van der Waals surface area contributed by atoms with Crippen molar-refractivity contribution in [1.82, 2.24) is 10.3 Å². The third-order valence-electron chi connectivity index (χ3n) is 3.73. The number of nitrogens with zero attached hydrogens (tertiary/aromatic N) is 2. The van der Waals surface area contributed by atoms with Crippen LogP contribution in [0.2, 0.25) is 0 Å². The summed E-state index contributed by atoms with van der Waals surface area (Å²) in [7, 11) is 0. The van der Waals surface area contributed by atoms with Crippen LogP contribution >= 0.6 is 0 Å². The lowest BCUT2D eigenvalue weighted by atomic mass is 10.1. The van der Waals surface area contributed by atoms with Crippen molar-refractivity contribution in [2.45, 2.75) is 32.7 Å². The van der Waals surface area contributed by atoms with E-state index in [0.29, 0.717) is 12.5 Å². The Morgan fingerprint density at radius 2 is 2.42 bits per heavy atom. The summed E-state index contributed by atoms with van der Waals surface area (Å²) < 4.78 is 0. The predicted molar refractivity (Wildman–Crippen MR) is 78.3 cm³/mol. The van der Waals surface area contributed by atoms with Gasteiger partial charge in [-0.25, -0.2) is 4.98 Å². The molecule has 1 saturated heterocycles. The molecule has 0 saturated carbocycles. The first-order valence-corrected chi connectivity index (χ1v) is 7.35. The quantitative estimate of drug-likeness (QED) is 0.736. The lowest BCUT2D eigenvalue weighted by molar-refractivity contribution is 0.263. The van der Waals surface area contributed by atoms with E-state index in [9.17, 15) is 0 Å². The molecular weight excluding hydrogens is 238 g/mol. The Morgan fingerprint density at radius 1 is 1.53 bits per heavy atom. The number of hydrogen-bond acceptors (Lipinski definition) is 4. The molecule has 0 bridgehead atoms. The van der Waals surface area contributed by atoms with E-state index in [1.54, 1.807) is 0 Å². The Hall–Kier alpha value is -1.13. The SMILES string of the molecule is CCCNCc1cccnc1N1CCC(CCO)C1. The molecule has 1 aliphatic heterocycles. The van der Waals surface area contributed by atoms with Crippen molar-refractivity contribution in [2.75, 3.05) is 31.1 Å². The van der Waals surface area contributed by atoms with Crippen molar-refractivity contribution in [2.24, 2.45) is 5.92 Å². The van der Waals surface area contributed by atoms with Gasteiger partial charge in [0.05, 0.1) is 0 Å². The number of anilines is 1. The number of pyridine rings is 1. The molecule has 1 fully saturated rings. The maximum Gasteiger partial charge on any atom is 0.133 e. The van der Waals surface area contributed by atoms with Crippen LogP contribution in [-0.2, 0) is 6.54 Å². The highest BCUT2D eigenvalue weighted by Crippen LogP contribution is 2.26. The molecule has 0 radical (unpaired) electrons. The highest BCUT2D eigenvalue weighted by atomic mass is 16.3. The van der Waals surface area contributed by atoms with Gasteiger partial charge in [-0.3, -0.25) is 0 Å².